The second-order valence-corrected chi connectivity index (χ2v) is 17.3. The van der Waals surface area contributed by atoms with Gasteiger partial charge in [-0.15, -0.1) is 0 Å². The second kappa shape index (κ2) is 15.1. The molecule has 0 radical (unpaired) electrons. The highest BCUT2D eigenvalue weighted by Crippen LogP contribution is 2.45. The van der Waals surface area contributed by atoms with Crippen LogP contribution < -0.4 is 24.6 Å². The van der Waals surface area contributed by atoms with Gasteiger partial charge in [0.05, 0.1) is 31.4 Å². The fraction of sp³-hybridized carbons (Fsp3) is 0.489. The number of para-hydroxylation sites is 1. The molecule has 0 saturated carbocycles. The number of methoxy groups -OCH3 is 1. The molecule has 6 aliphatic heterocycles. The maximum absolute atomic E-state index is 14.1. The van der Waals surface area contributed by atoms with E-state index in [4.69, 9.17) is 9.47 Å². The number of ether oxygens (including phenoxy) is 2. The zero-order valence-electron chi connectivity index (χ0n) is 33.6. The molecular weight excluding hydrogens is 757 g/mol. The second-order valence-electron chi connectivity index (χ2n) is 17.3. The molecule has 4 aromatic rings. The predicted molar refractivity (Wildman–Crippen MR) is 220 cm³/mol. The summed E-state index contributed by atoms with van der Waals surface area (Å²) in [5, 5.41) is 3.53. The highest BCUT2D eigenvalue weighted by molar-refractivity contribution is 6.06. The van der Waals surface area contributed by atoms with Crippen molar-refractivity contribution < 1.29 is 32.6 Å². The molecule has 0 aliphatic carbocycles. The van der Waals surface area contributed by atoms with Crippen molar-refractivity contribution in [1.82, 2.24) is 25.0 Å². The van der Waals surface area contributed by atoms with Crippen LogP contribution in [0.25, 0.3) is 10.9 Å². The first-order valence-corrected chi connectivity index (χ1v) is 21.1. The van der Waals surface area contributed by atoms with Crippen LogP contribution in [0.1, 0.15) is 71.4 Å². The monoisotopic (exact) mass is 807 g/mol. The summed E-state index contributed by atoms with van der Waals surface area (Å²) in [6, 6.07) is 17.5. The molecule has 12 nitrogen and oxygen atoms in total. The Morgan fingerprint density at radius 1 is 0.966 bits per heavy atom. The third-order valence-electron chi connectivity index (χ3n) is 13.8. The number of fused-ring (bicyclic) bond motifs is 7. The van der Waals surface area contributed by atoms with Gasteiger partial charge in [-0.1, -0.05) is 24.3 Å². The highest BCUT2D eigenvalue weighted by Gasteiger charge is 2.42. The standard InChI is InChI=1S/C45H51F2N7O5/c1-26-17-34-31-5-3-4-6-35(31)48-42(34)43(53(26)24-40(46)47)32-8-7-29(19-38(32)58-2)51-13-11-27(12-14-51)21-50-15-16-52-30(23-50)25-59-39-20-33-28(18-37(39)52)22-54(45(33)57)36-9-10-41(55)49-44(36)56/h3-8,18-20,26-27,30,36,40,43,48H,9-17,21-25H2,1-2H3,(H,49,55,56)/t26-,30-,36-,43-/m1/s1. The van der Waals surface area contributed by atoms with Crippen LogP contribution in [0.4, 0.5) is 20.2 Å². The van der Waals surface area contributed by atoms with Gasteiger partial charge in [0.2, 0.25) is 11.8 Å². The Kier molecular flexibility index (Phi) is 9.74. The lowest BCUT2D eigenvalue weighted by Gasteiger charge is -2.47. The minimum Gasteiger partial charge on any atom is -0.496 e. The Morgan fingerprint density at radius 2 is 1.80 bits per heavy atom. The molecule has 1 aromatic heterocycles. The van der Waals surface area contributed by atoms with E-state index in [9.17, 15) is 23.2 Å². The first-order valence-electron chi connectivity index (χ1n) is 21.1. The maximum Gasteiger partial charge on any atom is 0.255 e. The van der Waals surface area contributed by atoms with Crippen LogP contribution in [-0.2, 0) is 22.6 Å². The number of benzene rings is 3. The third kappa shape index (κ3) is 6.77. The number of hydrogen-bond donors (Lipinski definition) is 2. The fourth-order valence-corrected chi connectivity index (χ4v) is 10.8. The van der Waals surface area contributed by atoms with Gasteiger partial charge in [0.1, 0.15) is 24.1 Å². The SMILES string of the molecule is COc1cc(N2CCC(CN3CCN4c5cc6c(cc5OC[C@H]4C3)C(=O)N([C@@H]3CCC(=O)NC3=O)C6)CC2)ccc1[C@@H]1c2[nH]c3ccccc3c2C[C@@H](C)N1CC(F)F. The fourth-order valence-electron chi connectivity index (χ4n) is 10.8. The number of nitrogens with zero attached hydrogens (tertiary/aromatic N) is 5. The van der Waals surface area contributed by atoms with E-state index in [1.165, 1.54) is 5.56 Å². The molecule has 0 unspecified atom stereocenters. The number of carbonyl (C=O) groups excluding carboxylic acids is 3. The maximum atomic E-state index is 14.1. The molecule has 2 N–H and O–H groups in total. The summed E-state index contributed by atoms with van der Waals surface area (Å²) in [5.74, 6) is 1.10. The topological polar surface area (TPSA) is 114 Å². The van der Waals surface area contributed by atoms with Crippen LogP contribution in [0.15, 0.2) is 54.6 Å². The number of aromatic amines is 1. The number of anilines is 2. The number of carbonyl (C=O) groups is 3. The molecule has 3 aromatic carbocycles. The van der Waals surface area contributed by atoms with E-state index in [0.29, 0.717) is 49.0 Å². The molecule has 14 heteroatoms. The largest absolute Gasteiger partial charge is 0.496 e. The number of piperidine rings is 2. The van der Waals surface area contributed by atoms with Crippen molar-refractivity contribution in [3.05, 3.63) is 82.5 Å². The Labute approximate surface area is 342 Å². The van der Waals surface area contributed by atoms with E-state index < -0.39 is 18.4 Å². The van der Waals surface area contributed by atoms with E-state index in [1.807, 2.05) is 30.0 Å². The van der Waals surface area contributed by atoms with E-state index in [2.05, 4.69) is 61.4 Å². The lowest BCUT2D eigenvalue weighted by Crippen LogP contribution is -2.58. The minimum atomic E-state index is -2.45. The van der Waals surface area contributed by atoms with Gasteiger partial charge in [-0.25, -0.2) is 8.78 Å². The van der Waals surface area contributed by atoms with Gasteiger partial charge in [-0.2, -0.15) is 0 Å². The number of hydrogen-bond acceptors (Lipinski definition) is 9. The molecule has 6 aliphatic rings. The average Bonchev–Trinajstić information content (AvgIpc) is 3.76. The van der Waals surface area contributed by atoms with Crippen LogP contribution in [0.2, 0.25) is 0 Å². The number of H-pyrrole nitrogens is 1. The summed E-state index contributed by atoms with van der Waals surface area (Å²) < 4.78 is 40.5. The number of rotatable bonds is 8. The van der Waals surface area contributed by atoms with Crippen molar-refractivity contribution in [1.29, 1.82) is 0 Å². The quantitative estimate of drug-likeness (QED) is 0.228. The summed E-state index contributed by atoms with van der Waals surface area (Å²) >= 11 is 0. The van der Waals surface area contributed by atoms with E-state index >= 15 is 0 Å². The van der Waals surface area contributed by atoms with E-state index in [1.54, 1.807) is 12.0 Å². The first-order chi connectivity index (χ1) is 28.6. The van der Waals surface area contributed by atoms with Gasteiger partial charge < -0.3 is 29.2 Å². The predicted octanol–water partition coefficient (Wildman–Crippen LogP) is 5.34. The van der Waals surface area contributed by atoms with Crippen LogP contribution >= 0.6 is 0 Å². The van der Waals surface area contributed by atoms with Crippen molar-refractivity contribution >= 4 is 40.0 Å². The zero-order valence-corrected chi connectivity index (χ0v) is 33.6. The molecule has 310 valence electrons. The average molecular weight is 808 g/mol. The van der Waals surface area contributed by atoms with Crippen molar-refractivity contribution in [3.63, 3.8) is 0 Å². The summed E-state index contributed by atoms with van der Waals surface area (Å²) in [7, 11) is 1.67. The number of nitrogens with one attached hydrogen (secondary N) is 2. The molecule has 3 amide bonds. The Balaban J connectivity index is 0.783. The molecular formula is C45H51F2N7O5. The molecule has 0 bridgehead atoms. The number of halogens is 2. The third-order valence-corrected chi connectivity index (χ3v) is 13.8. The summed E-state index contributed by atoms with van der Waals surface area (Å²) in [4.78, 5) is 52.2. The first kappa shape index (κ1) is 38.0. The molecule has 10 rings (SSSR count). The lowest BCUT2D eigenvalue weighted by molar-refractivity contribution is -0.136. The van der Waals surface area contributed by atoms with Crippen molar-refractivity contribution in [3.8, 4) is 11.5 Å². The molecule has 0 spiro atoms. The number of amides is 3. The minimum absolute atomic E-state index is 0.0684. The van der Waals surface area contributed by atoms with Crippen LogP contribution in [0.3, 0.4) is 0 Å². The van der Waals surface area contributed by atoms with Gasteiger partial charge in [-0.3, -0.25) is 29.5 Å². The molecule has 59 heavy (non-hydrogen) atoms. The molecule has 3 saturated heterocycles. The lowest BCUT2D eigenvalue weighted by atomic mass is 9.88. The number of imide groups is 1. The number of alkyl halides is 2. The Bertz CT molecular complexity index is 2310. The summed E-state index contributed by atoms with van der Waals surface area (Å²) in [6.07, 6.45) is 0.953. The van der Waals surface area contributed by atoms with Crippen molar-refractivity contribution in [2.24, 2.45) is 5.92 Å². The molecule has 7 heterocycles. The summed E-state index contributed by atoms with van der Waals surface area (Å²) in [5.41, 5.74) is 7.65. The van der Waals surface area contributed by atoms with Crippen LogP contribution in [-0.4, -0.2) is 121 Å². The van der Waals surface area contributed by atoms with Crippen molar-refractivity contribution in [2.45, 2.75) is 76.2 Å². The van der Waals surface area contributed by atoms with Crippen LogP contribution in [0.5, 0.6) is 11.5 Å². The summed E-state index contributed by atoms with van der Waals surface area (Å²) in [6.45, 7) is 8.21. The van der Waals surface area contributed by atoms with Gasteiger partial charge in [-0.05, 0) is 73.9 Å². The van der Waals surface area contributed by atoms with Gasteiger partial charge in [0, 0.05) is 97.8 Å². The Hall–Kier alpha value is -5.21. The molecule has 3 fully saturated rings. The van der Waals surface area contributed by atoms with Gasteiger partial charge in [0.25, 0.3) is 12.3 Å². The number of aromatic nitrogens is 1. The van der Waals surface area contributed by atoms with E-state index in [-0.39, 0.29) is 42.9 Å². The highest BCUT2D eigenvalue weighted by atomic mass is 19.3. The van der Waals surface area contributed by atoms with Crippen LogP contribution in [0, 0.1) is 5.92 Å². The van der Waals surface area contributed by atoms with Gasteiger partial charge >= 0.3 is 0 Å². The normalized spacial score (nSPS) is 25.2. The zero-order chi connectivity index (χ0) is 40.5. The van der Waals surface area contributed by atoms with Gasteiger partial charge in [0.15, 0.2) is 0 Å². The van der Waals surface area contributed by atoms with Crippen molar-refractivity contribution in [2.75, 3.05) is 69.3 Å². The molecule has 4 atom stereocenters. The van der Waals surface area contributed by atoms with E-state index in [0.717, 1.165) is 91.2 Å². The smallest absolute Gasteiger partial charge is 0.255 e. The number of piperazine rings is 1. The Morgan fingerprint density at radius 3 is 2.59 bits per heavy atom.